The molecule has 33 heavy (non-hydrogen) atoms. The lowest BCUT2D eigenvalue weighted by molar-refractivity contribution is -0.275. The van der Waals surface area contributed by atoms with E-state index in [1.807, 2.05) is 0 Å². The van der Waals surface area contributed by atoms with Gasteiger partial charge in [0, 0.05) is 23.6 Å². The predicted molar refractivity (Wildman–Crippen MR) is 108 cm³/mol. The molecule has 13 heteroatoms. The number of ether oxygens (including phenoxy) is 2. The second-order valence-corrected chi connectivity index (χ2v) is 8.85. The zero-order valence-corrected chi connectivity index (χ0v) is 18.4. The number of aromatic nitrogens is 3. The van der Waals surface area contributed by atoms with Gasteiger partial charge >= 0.3 is 6.18 Å². The van der Waals surface area contributed by atoms with Gasteiger partial charge in [-0.2, -0.15) is 17.6 Å². The third-order valence-electron chi connectivity index (χ3n) is 6.16. The van der Waals surface area contributed by atoms with E-state index in [2.05, 4.69) is 15.0 Å². The van der Waals surface area contributed by atoms with Gasteiger partial charge in [0.25, 0.3) is 0 Å². The molecule has 0 amide bonds. The number of hydrogen-bond donors (Lipinski definition) is 2. The Hall–Kier alpha value is -2.64. The number of nitrogens with two attached hydrogens (primary N) is 1. The maximum atomic E-state index is 14.5. The Kier molecular flexibility index (Phi) is 5.69. The van der Waals surface area contributed by atoms with Crippen molar-refractivity contribution in [2.75, 3.05) is 7.11 Å². The number of benzene rings is 1. The summed E-state index contributed by atoms with van der Waals surface area (Å²) in [4.78, 5) is 11.1. The van der Waals surface area contributed by atoms with Crippen LogP contribution in [0, 0.1) is 17.6 Å². The van der Waals surface area contributed by atoms with Crippen molar-refractivity contribution in [3.63, 3.8) is 0 Å². The highest BCUT2D eigenvalue weighted by molar-refractivity contribution is 7.82. The normalized spacial score (nSPS) is 26.6. The second kappa shape index (κ2) is 7.99. The number of imidazole rings is 1. The molecule has 2 aromatic heterocycles. The van der Waals surface area contributed by atoms with Crippen molar-refractivity contribution in [1.82, 2.24) is 15.0 Å². The first-order chi connectivity index (χ1) is 15.4. The number of pyridine rings is 1. The molecule has 5 atom stereocenters. The Morgan fingerprint density at radius 2 is 1.97 bits per heavy atom. The quantitative estimate of drug-likeness (QED) is 0.538. The summed E-state index contributed by atoms with van der Waals surface area (Å²) in [5.41, 5.74) is -2.24. The summed E-state index contributed by atoms with van der Waals surface area (Å²) in [5.74, 6) is -5.48. The van der Waals surface area contributed by atoms with Gasteiger partial charge in [-0.15, -0.1) is 0 Å². The lowest BCUT2D eigenvalue weighted by Gasteiger charge is -2.32. The van der Waals surface area contributed by atoms with Crippen LogP contribution in [0.4, 0.5) is 22.0 Å². The van der Waals surface area contributed by atoms with Crippen LogP contribution in [0.15, 0.2) is 29.4 Å². The number of rotatable bonds is 4. The first-order valence-electron chi connectivity index (χ1n) is 9.68. The number of halogens is 5. The molecule has 4 rings (SSSR count). The van der Waals surface area contributed by atoms with E-state index in [1.54, 1.807) is 0 Å². The Morgan fingerprint density at radius 1 is 1.27 bits per heavy atom. The number of nitrogens with one attached hydrogen (secondary N) is 1. The van der Waals surface area contributed by atoms with Gasteiger partial charge in [0.15, 0.2) is 22.2 Å². The molecule has 1 fully saturated rings. The lowest BCUT2D eigenvalue weighted by Crippen LogP contribution is -2.46. The van der Waals surface area contributed by atoms with Gasteiger partial charge in [0.2, 0.25) is 5.82 Å². The Balaban J connectivity index is 1.94. The fraction of sp³-hybridized carbons (Fsp3) is 0.400. The molecule has 1 aromatic carbocycles. The third kappa shape index (κ3) is 3.58. The molecular formula is C20H19F5N4O3S. The first kappa shape index (κ1) is 23.5. The minimum absolute atomic E-state index is 0.0110. The first-order valence-corrected chi connectivity index (χ1v) is 10.9. The largest absolute Gasteiger partial charge is 0.493 e. The van der Waals surface area contributed by atoms with Crippen molar-refractivity contribution in [2.24, 2.45) is 11.1 Å². The van der Waals surface area contributed by atoms with Crippen molar-refractivity contribution in [2.45, 2.75) is 42.7 Å². The highest BCUT2D eigenvalue weighted by Crippen LogP contribution is 2.59. The van der Waals surface area contributed by atoms with Gasteiger partial charge in [-0.25, -0.2) is 23.7 Å². The number of fused-ring (bicyclic) bond motifs is 1. The molecule has 178 valence electrons. The van der Waals surface area contributed by atoms with Gasteiger partial charge in [0.05, 0.1) is 12.6 Å². The molecule has 0 spiro atoms. The van der Waals surface area contributed by atoms with Crippen LogP contribution in [0.3, 0.4) is 0 Å². The zero-order chi connectivity index (χ0) is 24.3. The topological polar surface area (TPSA) is 103 Å². The molecule has 0 radical (unpaired) electrons. The molecule has 1 aliphatic heterocycles. The van der Waals surface area contributed by atoms with Gasteiger partial charge in [-0.1, -0.05) is 13.0 Å². The molecule has 1 aliphatic rings. The van der Waals surface area contributed by atoms with E-state index >= 15 is 0 Å². The van der Waals surface area contributed by atoms with E-state index in [-0.39, 0.29) is 21.9 Å². The second-order valence-electron chi connectivity index (χ2n) is 7.87. The van der Waals surface area contributed by atoms with Crippen molar-refractivity contribution in [1.29, 1.82) is 0 Å². The number of hydrogen-bond acceptors (Lipinski definition) is 5. The molecule has 1 saturated heterocycles. The van der Waals surface area contributed by atoms with Crippen LogP contribution in [0.1, 0.15) is 37.3 Å². The van der Waals surface area contributed by atoms with E-state index in [9.17, 15) is 26.2 Å². The van der Waals surface area contributed by atoms with Crippen LogP contribution in [-0.4, -0.2) is 38.0 Å². The molecule has 0 bridgehead atoms. The molecule has 3 unspecified atom stereocenters. The number of alkyl halides is 3. The Morgan fingerprint density at radius 3 is 2.58 bits per heavy atom. The van der Waals surface area contributed by atoms with Gasteiger partial charge in [-0.05, 0) is 19.1 Å². The van der Waals surface area contributed by atoms with Gasteiger partial charge < -0.3 is 14.5 Å². The number of nitrogens with zero attached hydrogens (tertiary/aromatic N) is 2. The van der Waals surface area contributed by atoms with Crippen LogP contribution >= 0.6 is 0 Å². The molecule has 0 aliphatic carbocycles. The Bertz CT molecular complexity index is 1250. The molecule has 7 nitrogen and oxygen atoms in total. The minimum atomic E-state index is -4.79. The third-order valence-corrected chi connectivity index (χ3v) is 6.84. The number of H-pyrrole nitrogens is 1. The minimum Gasteiger partial charge on any atom is -0.493 e. The maximum absolute atomic E-state index is 14.5. The average molecular weight is 490 g/mol. The maximum Gasteiger partial charge on any atom is 0.417 e. The van der Waals surface area contributed by atoms with Crippen LogP contribution in [-0.2, 0) is 15.7 Å². The van der Waals surface area contributed by atoms with Crippen molar-refractivity contribution in [3.8, 4) is 5.75 Å². The van der Waals surface area contributed by atoms with Crippen molar-refractivity contribution < 1.29 is 35.6 Å². The van der Waals surface area contributed by atoms with E-state index in [1.165, 1.54) is 25.3 Å². The summed E-state index contributed by atoms with van der Waals surface area (Å²) in [5, 5.41) is 5.37. The average Bonchev–Trinajstić information content (AvgIpc) is 3.29. The van der Waals surface area contributed by atoms with Crippen LogP contribution in [0.25, 0.3) is 11.0 Å². The highest BCUT2D eigenvalue weighted by atomic mass is 32.2. The van der Waals surface area contributed by atoms with Crippen LogP contribution in [0.2, 0.25) is 0 Å². The molecule has 3 N–H and O–H groups in total. The van der Waals surface area contributed by atoms with Crippen molar-refractivity contribution >= 4 is 22.0 Å². The summed E-state index contributed by atoms with van der Waals surface area (Å²) in [6.45, 7) is 2.20. The van der Waals surface area contributed by atoms with Crippen molar-refractivity contribution in [3.05, 3.63) is 47.4 Å². The predicted octanol–water partition coefficient (Wildman–Crippen LogP) is 4.04. The van der Waals surface area contributed by atoms with E-state index in [0.29, 0.717) is 5.52 Å². The molecule has 3 heterocycles. The smallest absolute Gasteiger partial charge is 0.417 e. The fourth-order valence-electron chi connectivity index (χ4n) is 4.26. The monoisotopic (exact) mass is 490 g/mol. The van der Waals surface area contributed by atoms with Gasteiger partial charge in [0.1, 0.15) is 28.4 Å². The van der Waals surface area contributed by atoms with Crippen LogP contribution in [0.5, 0.6) is 5.75 Å². The van der Waals surface area contributed by atoms with E-state index in [4.69, 9.17) is 14.6 Å². The fourth-order valence-corrected chi connectivity index (χ4v) is 4.77. The highest BCUT2D eigenvalue weighted by Gasteiger charge is 2.65. The SMILES string of the molecule is COc1c(C2C(C)[C@](C)(C(F)(F)F)O[C@H]2c2nc3c(S(N)=O)nccc3[nH]2)ccc(F)c1F. The zero-order valence-electron chi connectivity index (χ0n) is 17.5. The molecular weight excluding hydrogens is 471 g/mol. The molecule has 3 aromatic rings. The van der Waals surface area contributed by atoms with Gasteiger partial charge in [-0.3, -0.25) is 0 Å². The summed E-state index contributed by atoms with van der Waals surface area (Å²) in [6.07, 6.45) is -4.84. The lowest BCUT2D eigenvalue weighted by atomic mass is 9.77. The summed E-state index contributed by atoms with van der Waals surface area (Å²) in [7, 11) is -0.917. The summed E-state index contributed by atoms with van der Waals surface area (Å²) < 4.78 is 92.9. The van der Waals surface area contributed by atoms with E-state index < -0.39 is 58.1 Å². The standard InChI is InChI=1S/C20H19F5N4O3S/c1-8-12(9-4-5-10(21)13(22)15(9)31-3)16(32-19(8,2)20(23,24)25)17-28-11-6-7-27-18(33(26)30)14(11)29-17/h4-8,12,16H,26H2,1-3H3,(H,28,29)/t8?,12?,16-,19-,33?/m1/s1. The summed E-state index contributed by atoms with van der Waals surface area (Å²) >= 11 is 0. The molecule has 0 saturated carbocycles. The number of aromatic amines is 1. The Labute approximate surface area is 187 Å². The number of methoxy groups -OCH3 is 1. The summed E-state index contributed by atoms with van der Waals surface area (Å²) in [6, 6.07) is 3.47. The van der Waals surface area contributed by atoms with E-state index in [0.717, 1.165) is 20.1 Å². The van der Waals surface area contributed by atoms with Crippen LogP contribution < -0.4 is 9.88 Å².